The highest BCUT2D eigenvalue weighted by Gasteiger charge is 2.49. The van der Waals surface area contributed by atoms with Crippen molar-refractivity contribution in [2.24, 2.45) is 5.92 Å². The molecule has 2 unspecified atom stereocenters. The molecule has 1 aliphatic rings. The minimum atomic E-state index is -0.848. The fourth-order valence-corrected chi connectivity index (χ4v) is 7.93. The molecule has 7 heteroatoms. The number of ketones is 1. The summed E-state index contributed by atoms with van der Waals surface area (Å²) in [5.41, 5.74) is 2.20. The third-order valence-electron chi connectivity index (χ3n) is 6.06. The molecule has 0 saturated carbocycles. The summed E-state index contributed by atoms with van der Waals surface area (Å²) in [6.07, 6.45) is 1.69. The van der Waals surface area contributed by atoms with Crippen molar-refractivity contribution >= 4 is 46.2 Å². The number of esters is 1. The van der Waals surface area contributed by atoms with E-state index in [1.807, 2.05) is 26.2 Å². The van der Waals surface area contributed by atoms with Crippen molar-refractivity contribution in [1.29, 1.82) is 0 Å². The summed E-state index contributed by atoms with van der Waals surface area (Å²) >= 11 is 4.50. The Bertz CT molecular complexity index is 917. The van der Waals surface area contributed by atoms with Gasteiger partial charge in [-0.05, 0) is 64.6 Å². The predicted molar refractivity (Wildman–Crippen MR) is 129 cm³/mol. The lowest BCUT2D eigenvalue weighted by molar-refractivity contribution is -0.176. The van der Waals surface area contributed by atoms with Crippen LogP contribution < -0.4 is 0 Å². The fourth-order valence-electron chi connectivity index (χ4n) is 4.15. The molecule has 2 aromatic rings. The molecule has 1 saturated heterocycles. The number of hydrogen-bond acceptors (Lipinski definition) is 7. The van der Waals surface area contributed by atoms with Crippen LogP contribution in [-0.4, -0.2) is 27.7 Å². The lowest BCUT2D eigenvalue weighted by atomic mass is 9.78. The summed E-state index contributed by atoms with van der Waals surface area (Å²) in [5.74, 6) is -0.437. The van der Waals surface area contributed by atoms with Crippen molar-refractivity contribution in [3.63, 3.8) is 0 Å². The summed E-state index contributed by atoms with van der Waals surface area (Å²) in [7, 11) is 0. The van der Waals surface area contributed by atoms with E-state index < -0.39 is 16.8 Å². The van der Waals surface area contributed by atoms with E-state index in [1.54, 1.807) is 22.7 Å². The first-order chi connectivity index (χ1) is 14.5. The number of Topliss-reactive ketones (excluding diaryl/α,β-unsaturated/α-hetero) is 1. The van der Waals surface area contributed by atoms with Crippen molar-refractivity contribution in [1.82, 2.24) is 0 Å². The zero-order valence-electron chi connectivity index (χ0n) is 19.1. The van der Waals surface area contributed by atoms with Crippen LogP contribution in [0.1, 0.15) is 69.0 Å². The van der Waals surface area contributed by atoms with Crippen LogP contribution in [-0.2, 0) is 32.8 Å². The van der Waals surface area contributed by atoms with Gasteiger partial charge in [-0.2, -0.15) is 11.3 Å². The Labute approximate surface area is 197 Å². The Morgan fingerprint density at radius 1 is 1.32 bits per heavy atom. The number of carbonyl (C=O) groups excluding carboxylic acids is 2. The Hall–Kier alpha value is -1.15. The monoisotopic (exact) mass is 480 g/mol. The van der Waals surface area contributed by atoms with E-state index in [-0.39, 0.29) is 30.1 Å². The predicted octanol–water partition coefficient (Wildman–Crippen LogP) is 5.91. The Morgan fingerprint density at radius 2 is 2.03 bits per heavy atom. The second-order valence-corrected chi connectivity index (χ2v) is 13.0. The molecule has 0 aromatic carbocycles. The number of ether oxygens (including phenoxy) is 1. The summed E-state index contributed by atoms with van der Waals surface area (Å²) < 4.78 is 6.99. The highest BCUT2D eigenvalue weighted by molar-refractivity contribution is 8.03. The molecule has 31 heavy (non-hydrogen) atoms. The largest absolute Gasteiger partial charge is 0.457 e. The molecule has 0 amide bonds. The van der Waals surface area contributed by atoms with Gasteiger partial charge >= 0.3 is 5.97 Å². The Morgan fingerprint density at radius 3 is 2.55 bits per heavy atom. The first-order valence-electron chi connectivity index (χ1n) is 10.7. The van der Waals surface area contributed by atoms with Gasteiger partial charge in [0.2, 0.25) is 0 Å². The van der Waals surface area contributed by atoms with Gasteiger partial charge in [-0.3, -0.25) is 9.59 Å². The zero-order valence-corrected chi connectivity index (χ0v) is 21.6. The van der Waals surface area contributed by atoms with Crippen molar-refractivity contribution in [3.8, 4) is 0 Å². The summed E-state index contributed by atoms with van der Waals surface area (Å²) in [6, 6.07) is 2.08. The van der Waals surface area contributed by atoms with Crippen LogP contribution in [0, 0.1) is 12.8 Å². The summed E-state index contributed by atoms with van der Waals surface area (Å²) in [6.45, 7) is 12.3. The van der Waals surface area contributed by atoms with Gasteiger partial charge < -0.3 is 9.84 Å². The highest BCUT2D eigenvalue weighted by atomic mass is 32.2. The van der Waals surface area contributed by atoms with E-state index >= 15 is 0 Å². The molecule has 1 aliphatic heterocycles. The second kappa shape index (κ2) is 9.38. The molecule has 0 bridgehead atoms. The topological polar surface area (TPSA) is 63.6 Å². The van der Waals surface area contributed by atoms with E-state index in [4.69, 9.17) is 4.74 Å². The number of cyclic esters (lactones) is 1. The van der Waals surface area contributed by atoms with Crippen LogP contribution in [0.2, 0.25) is 0 Å². The minimum Gasteiger partial charge on any atom is -0.457 e. The van der Waals surface area contributed by atoms with Crippen LogP contribution >= 0.6 is 34.4 Å². The number of hydrogen-bond donors (Lipinski definition) is 1. The van der Waals surface area contributed by atoms with E-state index in [9.17, 15) is 14.7 Å². The smallest absolute Gasteiger partial charge is 0.327 e. The molecule has 3 heterocycles. The van der Waals surface area contributed by atoms with Gasteiger partial charge in [0.05, 0.1) is 10.8 Å². The average Bonchev–Trinajstić information content (AvgIpc) is 3.29. The lowest BCUT2D eigenvalue weighted by Crippen LogP contribution is -2.52. The number of carbonyl (C=O) groups is 2. The molecular formula is C24H32O4S3. The van der Waals surface area contributed by atoms with Crippen LogP contribution in [0.3, 0.4) is 0 Å². The van der Waals surface area contributed by atoms with Crippen molar-refractivity contribution in [2.45, 2.75) is 87.9 Å². The summed E-state index contributed by atoms with van der Waals surface area (Å²) in [5, 5.41) is 13.2. The first-order valence-corrected chi connectivity index (χ1v) is 13.3. The number of thioether (sulfide) groups is 1. The maximum atomic E-state index is 13.2. The van der Waals surface area contributed by atoms with Crippen molar-refractivity contribution in [2.75, 3.05) is 0 Å². The fraction of sp³-hybridized carbons (Fsp3) is 0.583. The normalized spacial score (nSPS) is 22.3. The molecule has 0 spiro atoms. The van der Waals surface area contributed by atoms with E-state index in [1.165, 1.54) is 17.3 Å². The summed E-state index contributed by atoms with van der Waals surface area (Å²) in [4.78, 5) is 27.4. The number of rotatable bonds is 7. The van der Waals surface area contributed by atoms with Gasteiger partial charge in [-0.25, -0.2) is 0 Å². The van der Waals surface area contributed by atoms with Crippen molar-refractivity contribution in [3.05, 3.63) is 38.4 Å². The van der Waals surface area contributed by atoms with Gasteiger partial charge in [-0.15, -0.1) is 11.3 Å². The molecule has 170 valence electrons. The number of aliphatic hydroxyl groups excluding tert-OH is 1. The second-order valence-electron chi connectivity index (χ2n) is 9.62. The van der Waals surface area contributed by atoms with Crippen LogP contribution in [0.4, 0.5) is 0 Å². The van der Waals surface area contributed by atoms with E-state index in [0.717, 1.165) is 26.6 Å². The molecule has 2 atom stereocenters. The lowest BCUT2D eigenvalue weighted by Gasteiger charge is -2.41. The van der Waals surface area contributed by atoms with Gasteiger partial charge in [0.1, 0.15) is 5.60 Å². The molecule has 0 radical (unpaired) electrons. The van der Waals surface area contributed by atoms with Gasteiger partial charge in [-0.1, -0.05) is 46.4 Å². The third kappa shape index (κ3) is 5.10. The average molecular weight is 481 g/mol. The number of aryl methyl sites for hydroxylation is 2. The number of thiophene rings is 2. The maximum Gasteiger partial charge on any atom is 0.327 e. The highest BCUT2D eigenvalue weighted by Crippen LogP contribution is 2.46. The molecule has 2 aromatic heterocycles. The van der Waals surface area contributed by atoms with E-state index in [0.29, 0.717) is 6.42 Å². The van der Waals surface area contributed by atoms with E-state index in [2.05, 4.69) is 32.2 Å². The molecule has 4 nitrogen and oxygen atoms in total. The van der Waals surface area contributed by atoms with Gasteiger partial charge in [0.25, 0.3) is 0 Å². The van der Waals surface area contributed by atoms with Gasteiger partial charge in [0.15, 0.2) is 11.0 Å². The Kier molecular flexibility index (Phi) is 7.41. The molecule has 0 aliphatic carbocycles. The SMILES string of the molecule is Cc1sc(SC2C(=O)CC(CCc3ccsc3)(C(C)C)OC2=O)c(C(C)(C)C)c1CO. The van der Waals surface area contributed by atoms with Crippen molar-refractivity contribution < 1.29 is 19.4 Å². The minimum absolute atomic E-state index is 0.0440. The maximum absolute atomic E-state index is 13.2. The Balaban J connectivity index is 1.84. The molecular weight excluding hydrogens is 448 g/mol. The van der Waals surface area contributed by atoms with Gasteiger partial charge in [0, 0.05) is 11.3 Å². The molecule has 3 rings (SSSR count). The molecule has 1 N–H and O–H groups in total. The van der Waals surface area contributed by atoms with Crippen LogP contribution in [0.5, 0.6) is 0 Å². The molecule has 1 fully saturated rings. The zero-order chi connectivity index (χ0) is 23.0. The van der Waals surface area contributed by atoms with Crippen LogP contribution in [0.15, 0.2) is 21.0 Å². The standard InChI is InChI=1S/C24H32O4S3/c1-14(2)24(9-7-16-8-10-29-13-16)11-18(26)20(21(27)28-24)31-22-19(23(4,5)6)17(12-25)15(3)30-22/h8,10,13-14,20,25H,7,9,11-12H2,1-6H3. The third-order valence-corrected chi connectivity index (χ3v) is 9.38. The quantitative estimate of drug-likeness (QED) is 0.394. The van der Waals surface area contributed by atoms with Crippen LogP contribution in [0.25, 0.3) is 0 Å². The first kappa shape index (κ1) is 24.5. The number of aliphatic hydroxyl groups is 1.